The molecule has 3 rings (SSSR count). The van der Waals surface area contributed by atoms with Crippen LogP contribution >= 0.6 is 0 Å². The Bertz CT molecular complexity index is 717. The first-order chi connectivity index (χ1) is 10.2. The third-order valence-corrected chi connectivity index (χ3v) is 3.55. The van der Waals surface area contributed by atoms with Gasteiger partial charge in [0.15, 0.2) is 0 Å². The Balaban J connectivity index is 1.66. The lowest BCUT2D eigenvalue weighted by atomic mass is 10.1. The summed E-state index contributed by atoms with van der Waals surface area (Å²) in [6.45, 7) is 5.08. The molecule has 1 N–H and O–H groups in total. The van der Waals surface area contributed by atoms with Crippen molar-refractivity contribution in [1.82, 2.24) is 20.2 Å². The summed E-state index contributed by atoms with van der Waals surface area (Å²) in [5.74, 6) is 0. The van der Waals surface area contributed by atoms with Crippen LogP contribution in [0.5, 0.6) is 0 Å². The van der Waals surface area contributed by atoms with E-state index in [-0.39, 0.29) is 0 Å². The minimum Gasteiger partial charge on any atom is -0.381 e. The maximum atomic E-state index is 3.86. The van der Waals surface area contributed by atoms with Crippen molar-refractivity contribution in [2.45, 2.75) is 20.4 Å². The molecule has 3 aromatic rings. The minimum atomic E-state index is 0.811. The van der Waals surface area contributed by atoms with Crippen LogP contribution in [0.1, 0.15) is 16.7 Å². The van der Waals surface area contributed by atoms with Crippen LogP contribution in [0.15, 0.2) is 48.8 Å². The molecule has 0 saturated heterocycles. The molecule has 0 saturated carbocycles. The highest BCUT2D eigenvalue weighted by atomic mass is 15.5. The van der Waals surface area contributed by atoms with Gasteiger partial charge in [0.2, 0.25) is 0 Å². The number of nitrogens with zero attached hydrogens (tertiary/aromatic N) is 4. The summed E-state index contributed by atoms with van der Waals surface area (Å²) in [6.07, 6.45) is 1.58. The summed E-state index contributed by atoms with van der Waals surface area (Å²) < 4.78 is 1.63. The smallest absolute Gasteiger partial charge is 0.143 e. The highest BCUT2D eigenvalue weighted by molar-refractivity contribution is 5.48. The third kappa shape index (κ3) is 3.08. The molecule has 106 valence electrons. The van der Waals surface area contributed by atoms with Gasteiger partial charge in [-0.25, -0.2) is 4.68 Å². The molecule has 5 heteroatoms. The van der Waals surface area contributed by atoms with Crippen LogP contribution in [0.3, 0.4) is 0 Å². The Morgan fingerprint density at radius 1 is 1.00 bits per heavy atom. The van der Waals surface area contributed by atoms with Gasteiger partial charge in [0, 0.05) is 12.2 Å². The summed E-state index contributed by atoms with van der Waals surface area (Å²) in [5.41, 5.74) is 5.94. The SMILES string of the molecule is Cc1ccc(CNc2ccc(-n3cnnn3)cc2)cc1C. The van der Waals surface area contributed by atoms with Crippen LogP contribution in [0.4, 0.5) is 5.69 Å². The van der Waals surface area contributed by atoms with E-state index < -0.39 is 0 Å². The lowest BCUT2D eigenvalue weighted by molar-refractivity contribution is 0.789. The van der Waals surface area contributed by atoms with E-state index in [0.29, 0.717) is 0 Å². The first kappa shape index (κ1) is 13.3. The second-order valence-electron chi connectivity index (χ2n) is 5.07. The third-order valence-electron chi connectivity index (χ3n) is 3.55. The van der Waals surface area contributed by atoms with Gasteiger partial charge in [-0.3, -0.25) is 0 Å². The first-order valence-electron chi connectivity index (χ1n) is 6.86. The molecule has 1 heterocycles. The van der Waals surface area contributed by atoms with Gasteiger partial charge in [0.25, 0.3) is 0 Å². The molecule has 0 fully saturated rings. The summed E-state index contributed by atoms with van der Waals surface area (Å²) in [5, 5.41) is 14.5. The van der Waals surface area contributed by atoms with Gasteiger partial charge in [-0.15, -0.1) is 5.10 Å². The Morgan fingerprint density at radius 2 is 1.81 bits per heavy atom. The van der Waals surface area contributed by atoms with Crippen LogP contribution in [0.2, 0.25) is 0 Å². The normalized spacial score (nSPS) is 10.6. The minimum absolute atomic E-state index is 0.811. The molecule has 0 radical (unpaired) electrons. The fourth-order valence-corrected chi connectivity index (χ4v) is 2.13. The molecule has 0 bridgehead atoms. The molecule has 0 atom stereocenters. The molecule has 0 aliphatic rings. The summed E-state index contributed by atoms with van der Waals surface area (Å²) in [7, 11) is 0. The zero-order valence-corrected chi connectivity index (χ0v) is 12.1. The van der Waals surface area contributed by atoms with Gasteiger partial charge < -0.3 is 5.32 Å². The van der Waals surface area contributed by atoms with E-state index in [4.69, 9.17) is 0 Å². The maximum Gasteiger partial charge on any atom is 0.143 e. The quantitative estimate of drug-likeness (QED) is 0.798. The number of hydrogen-bond acceptors (Lipinski definition) is 4. The molecule has 5 nitrogen and oxygen atoms in total. The molecule has 2 aromatic carbocycles. The average molecular weight is 279 g/mol. The number of anilines is 1. The van der Waals surface area contributed by atoms with Gasteiger partial charge in [-0.05, 0) is 65.2 Å². The van der Waals surface area contributed by atoms with Crippen molar-refractivity contribution >= 4 is 5.69 Å². The van der Waals surface area contributed by atoms with Gasteiger partial charge in [0.1, 0.15) is 6.33 Å². The molecular formula is C16H17N5. The Morgan fingerprint density at radius 3 is 2.48 bits per heavy atom. The van der Waals surface area contributed by atoms with Gasteiger partial charge in [0.05, 0.1) is 5.69 Å². The Labute approximate surface area is 123 Å². The van der Waals surface area contributed by atoms with E-state index in [0.717, 1.165) is 17.9 Å². The topological polar surface area (TPSA) is 55.6 Å². The van der Waals surface area contributed by atoms with E-state index >= 15 is 0 Å². The zero-order valence-electron chi connectivity index (χ0n) is 12.1. The summed E-state index contributed by atoms with van der Waals surface area (Å²) in [6, 6.07) is 14.6. The number of hydrogen-bond donors (Lipinski definition) is 1. The maximum absolute atomic E-state index is 3.86. The van der Waals surface area contributed by atoms with Crippen LogP contribution in [0, 0.1) is 13.8 Å². The van der Waals surface area contributed by atoms with Gasteiger partial charge >= 0.3 is 0 Å². The Hall–Kier alpha value is -2.69. The van der Waals surface area contributed by atoms with Crippen molar-refractivity contribution < 1.29 is 0 Å². The second-order valence-corrected chi connectivity index (χ2v) is 5.07. The van der Waals surface area contributed by atoms with E-state index in [9.17, 15) is 0 Å². The van der Waals surface area contributed by atoms with Crippen molar-refractivity contribution in [1.29, 1.82) is 0 Å². The molecule has 0 aliphatic carbocycles. The van der Waals surface area contributed by atoms with Crippen LogP contribution in [-0.2, 0) is 6.54 Å². The van der Waals surface area contributed by atoms with Crippen LogP contribution in [-0.4, -0.2) is 20.2 Å². The Kier molecular flexibility index (Phi) is 3.64. The molecule has 0 unspecified atom stereocenters. The zero-order chi connectivity index (χ0) is 14.7. The number of nitrogens with one attached hydrogen (secondary N) is 1. The van der Waals surface area contributed by atoms with Gasteiger partial charge in [-0.2, -0.15) is 0 Å². The predicted octanol–water partition coefficient (Wildman–Crippen LogP) is 2.89. The number of benzene rings is 2. The predicted molar refractivity (Wildman–Crippen MR) is 82.4 cm³/mol. The molecule has 0 aliphatic heterocycles. The van der Waals surface area contributed by atoms with E-state index in [1.54, 1.807) is 11.0 Å². The first-order valence-corrected chi connectivity index (χ1v) is 6.86. The standard InChI is InChI=1S/C16H17N5/c1-12-3-4-14(9-13(12)2)10-17-15-5-7-16(8-6-15)21-11-18-19-20-21/h3-9,11,17H,10H2,1-2H3. The molecule has 1 aromatic heterocycles. The average Bonchev–Trinajstić information content (AvgIpc) is 3.03. The number of tetrazole rings is 1. The summed E-state index contributed by atoms with van der Waals surface area (Å²) >= 11 is 0. The van der Waals surface area contributed by atoms with E-state index in [1.807, 2.05) is 24.3 Å². The molecule has 21 heavy (non-hydrogen) atoms. The van der Waals surface area contributed by atoms with E-state index in [1.165, 1.54) is 16.7 Å². The van der Waals surface area contributed by atoms with Crippen LogP contribution < -0.4 is 5.32 Å². The highest BCUT2D eigenvalue weighted by Gasteiger charge is 1.99. The largest absolute Gasteiger partial charge is 0.381 e. The lowest BCUT2D eigenvalue weighted by Crippen LogP contribution is -2.01. The van der Waals surface area contributed by atoms with Gasteiger partial charge in [-0.1, -0.05) is 18.2 Å². The molecule has 0 amide bonds. The highest BCUT2D eigenvalue weighted by Crippen LogP contribution is 2.15. The van der Waals surface area contributed by atoms with Crippen molar-refractivity contribution in [3.05, 3.63) is 65.5 Å². The fraction of sp³-hybridized carbons (Fsp3) is 0.188. The second kappa shape index (κ2) is 5.75. The number of aryl methyl sites for hydroxylation is 2. The van der Waals surface area contributed by atoms with Crippen molar-refractivity contribution in [2.24, 2.45) is 0 Å². The van der Waals surface area contributed by atoms with Crippen molar-refractivity contribution in [3.8, 4) is 5.69 Å². The molecular weight excluding hydrogens is 262 g/mol. The number of aromatic nitrogens is 4. The lowest BCUT2D eigenvalue weighted by Gasteiger charge is -2.09. The number of rotatable bonds is 4. The van der Waals surface area contributed by atoms with E-state index in [2.05, 4.69) is 52.9 Å². The fourth-order valence-electron chi connectivity index (χ4n) is 2.13. The summed E-state index contributed by atoms with van der Waals surface area (Å²) in [4.78, 5) is 0. The molecule has 0 spiro atoms. The monoisotopic (exact) mass is 279 g/mol. The van der Waals surface area contributed by atoms with Crippen molar-refractivity contribution in [2.75, 3.05) is 5.32 Å². The van der Waals surface area contributed by atoms with Crippen LogP contribution in [0.25, 0.3) is 5.69 Å². The van der Waals surface area contributed by atoms with Crippen molar-refractivity contribution in [3.63, 3.8) is 0 Å².